The molecule has 1 unspecified atom stereocenters. The third-order valence-corrected chi connectivity index (χ3v) is 2.27. The standard InChI is InChI=1S/C11H16O/c1-4-7-10-11(12-10,8-5-2)9-6-3/h4-6,10H,1-3,7-9H2. The Hall–Kier alpha value is -0.820. The van der Waals surface area contributed by atoms with Crippen LogP contribution in [0.15, 0.2) is 38.0 Å². The summed E-state index contributed by atoms with van der Waals surface area (Å²) < 4.78 is 5.61. The SMILES string of the molecule is C=CCC1OC1(CC=C)CC=C. The average molecular weight is 164 g/mol. The molecule has 0 N–H and O–H groups in total. The van der Waals surface area contributed by atoms with E-state index in [1.807, 2.05) is 18.2 Å². The van der Waals surface area contributed by atoms with Gasteiger partial charge in [-0.25, -0.2) is 0 Å². The zero-order chi connectivity index (χ0) is 9.03. The van der Waals surface area contributed by atoms with Crippen LogP contribution >= 0.6 is 0 Å². The van der Waals surface area contributed by atoms with Crippen LogP contribution in [0.1, 0.15) is 19.3 Å². The maximum absolute atomic E-state index is 5.61. The molecule has 0 aromatic heterocycles. The fraction of sp³-hybridized carbons (Fsp3) is 0.455. The van der Waals surface area contributed by atoms with Crippen LogP contribution in [-0.4, -0.2) is 11.7 Å². The van der Waals surface area contributed by atoms with E-state index in [9.17, 15) is 0 Å². The molecule has 12 heavy (non-hydrogen) atoms. The molecule has 0 aromatic carbocycles. The molecule has 1 atom stereocenters. The maximum Gasteiger partial charge on any atom is 0.102 e. The Morgan fingerprint density at radius 1 is 1.08 bits per heavy atom. The molecule has 1 aliphatic heterocycles. The molecule has 1 heterocycles. The van der Waals surface area contributed by atoms with E-state index in [1.54, 1.807) is 0 Å². The van der Waals surface area contributed by atoms with E-state index in [2.05, 4.69) is 19.7 Å². The molecule has 1 rings (SSSR count). The monoisotopic (exact) mass is 164 g/mol. The number of epoxide rings is 1. The Morgan fingerprint density at radius 2 is 1.67 bits per heavy atom. The van der Waals surface area contributed by atoms with Crippen LogP contribution in [0.2, 0.25) is 0 Å². The number of hydrogen-bond acceptors (Lipinski definition) is 1. The van der Waals surface area contributed by atoms with Gasteiger partial charge in [-0.15, -0.1) is 19.7 Å². The van der Waals surface area contributed by atoms with E-state index in [1.165, 1.54) is 0 Å². The van der Waals surface area contributed by atoms with E-state index >= 15 is 0 Å². The molecule has 0 saturated carbocycles. The minimum absolute atomic E-state index is 0.0116. The Bertz CT molecular complexity index is 183. The van der Waals surface area contributed by atoms with Gasteiger partial charge in [0.2, 0.25) is 0 Å². The molecule has 0 radical (unpaired) electrons. The number of hydrogen-bond donors (Lipinski definition) is 0. The molecule has 0 amide bonds. The molecule has 0 aromatic rings. The van der Waals surface area contributed by atoms with Crippen molar-refractivity contribution in [3.8, 4) is 0 Å². The van der Waals surface area contributed by atoms with Crippen molar-refractivity contribution in [3.05, 3.63) is 38.0 Å². The molecule has 0 spiro atoms. The van der Waals surface area contributed by atoms with Gasteiger partial charge in [-0.1, -0.05) is 18.2 Å². The lowest BCUT2D eigenvalue weighted by Gasteiger charge is -2.05. The van der Waals surface area contributed by atoms with Crippen molar-refractivity contribution in [2.24, 2.45) is 0 Å². The van der Waals surface area contributed by atoms with E-state index in [-0.39, 0.29) is 5.60 Å². The highest BCUT2D eigenvalue weighted by Gasteiger charge is 2.53. The van der Waals surface area contributed by atoms with Crippen molar-refractivity contribution in [1.29, 1.82) is 0 Å². The Morgan fingerprint density at radius 3 is 2.08 bits per heavy atom. The van der Waals surface area contributed by atoms with Crippen LogP contribution in [0.5, 0.6) is 0 Å². The summed E-state index contributed by atoms with van der Waals surface area (Å²) in [6, 6.07) is 0. The highest BCUT2D eigenvalue weighted by Crippen LogP contribution is 2.45. The van der Waals surface area contributed by atoms with E-state index in [0.29, 0.717) is 6.10 Å². The highest BCUT2D eigenvalue weighted by molar-refractivity contribution is 5.10. The fourth-order valence-corrected chi connectivity index (χ4v) is 1.59. The summed E-state index contributed by atoms with van der Waals surface area (Å²) in [5.74, 6) is 0. The second-order valence-electron chi connectivity index (χ2n) is 3.18. The smallest absolute Gasteiger partial charge is 0.102 e. The fourth-order valence-electron chi connectivity index (χ4n) is 1.59. The van der Waals surface area contributed by atoms with Gasteiger partial charge < -0.3 is 4.74 Å². The van der Waals surface area contributed by atoms with Gasteiger partial charge in [0, 0.05) is 0 Å². The summed E-state index contributed by atoms with van der Waals surface area (Å²) in [4.78, 5) is 0. The highest BCUT2D eigenvalue weighted by atomic mass is 16.6. The lowest BCUT2D eigenvalue weighted by atomic mass is 9.95. The Labute approximate surface area is 74.4 Å². The number of ether oxygens (including phenoxy) is 1. The first-order chi connectivity index (χ1) is 5.79. The first-order valence-electron chi connectivity index (χ1n) is 4.29. The van der Waals surface area contributed by atoms with Gasteiger partial charge in [-0.2, -0.15) is 0 Å². The van der Waals surface area contributed by atoms with Gasteiger partial charge in [0.15, 0.2) is 0 Å². The maximum atomic E-state index is 5.61. The molecule has 66 valence electrons. The summed E-state index contributed by atoms with van der Waals surface area (Å²) in [7, 11) is 0. The molecule has 1 aliphatic rings. The summed E-state index contributed by atoms with van der Waals surface area (Å²) in [6.07, 6.45) is 8.82. The third-order valence-electron chi connectivity index (χ3n) is 2.27. The minimum atomic E-state index is 0.0116. The molecule has 1 saturated heterocycles. The zero-order valence-electron chi connectivity index (χ0n) is 7.46. The van der Waals surface area contributed by atoms with Crippen LogP contribution in [0.3, 0.4) is 0 Å². The van der Waals surface area contributed by atoms with Crippen molar-refractivity contribution in [1.82, 2.24) is 0 Å². The predicted molar refractivity (Wildman–Crippen MR) is 52.0 cm³/mol. The first-order valence-corrected chi connectivity index (χ1v) is 4.29. The van der Waals surface area contributed by atoms with Gasteiger partial charge >= 0.3 is 0 Å². The zero-order valence-corrected chi connectivity index (χ0v) is 7.46. The molecule has 1 heteroatoms. The molecule has 0 bridgehead atoms. The molecule has 1 fully saturated rings. The Balaban J connectivity index is 2.47. The molecular formula is C11H16O. The largest absolute Gasteiger partial charge is 0.365 e. The lowest BCUT2D eigenvalue weighted by Crippen LogP contribution is -2.12. The molecule has 1 nitrogen and oxygen atoms in total. The van der Waals surface area contributed by atoms with Crippen molar-refractivity contribution in [2.75, 3.05) is 0 Å². The van der Waals surface area contributed by atoms with Crippen molar-refractivity contribution >= 4 is 0 Å². The lowest BCUT2D eigenvalue weighted by molar-refractivity contribution is 0.295. The van der Waals surface area contributed by atoms with Crippen LogP contribution in [0.25, 0.3) is 0 Å². The normalized spacial score (nSPS) is 24.5. The average Bonchev–Trinajstić information content (AvgIpc) is 2.66. The number of rotatable bonds is 6. The van der Waals surface area contributed by atoms with Gasteiger partial charge in [-0.05, 0) is 19.3 Å². The van der Waals surface area contributed by atoms with Crippen molar-refractivity contribution < 1.29 is 4.74 Å². The van der Waals surface area contributed by atoms with E-state index in [0.717, 1.165) is 19.3 Å². The summed E-state index contributed by atoms with van der Waals surface area (Å²) >= 11 is 0. The van der Waals surface area contributed by atoms with Crippen LogP contribution in [-0.2, 0) is 4.74 Å². The van der Waals surface area contributed by atoms with Gasteiger partial charge in [0.1, 0.15) is 5.60 Å². The van der Waals surface area contributed by atoms with Crippen LogP contribution in [0, 0.1) is 0 Å². The van der Waals surface area contributed by atoms with Crippen LogP contribution < -0.4 is 0 Å². The quantitative estimate of drug-likeness (QED) is 0.434. The summed E-state index contributed by atoms with van der Waals surface area (Å²) in [5.41, 5.74) is 0.0116. The topological polar surface area (TPSA) is 12.5 Å². The summed E-state index contributed by atoms with van der Waals surface area (Å²) in [6.45, 7) is 11.1. The van der Waals surface area contributed by atoms with Gasteiger partial charge in [0.25, 0.3) is 0 Å². The third kappa shape index (κ3) is 1.67. The first kappa shape index (κ1) is 9.27. The second kappa shape index (κ2) is 3.72. The summed E-state index contributed by atoms with van der Waals surface area (Å²) in [5, 5.41) is 0. The van der Waals surface area contributed by atoms with Gasteiger partial charge in [-0.3, -0.25) is 0 Å². The second-order valence-corrected chi connectivity index (χ2v) is 3.18. The molecule has 0 aliphatic carbocycles. The minimum Gasteiger partial charge on any atom is -0.365 e. The van der Waals surface area contributed by atoms with Crippen LogP contribution in [0.4, 0.5) is 0 Å². The predicted octanol–water partition coefficient (Wildman–Crippen LogP) is 2.85. The van der Waals surface area contributed by atoms with Gasteiger partial charge in [0.05, 0.1) is 6.10 Å². The van der Waals surface area contributed by atoms with Crippen molar-refractivity contribution in [2.45, 2.75) is 31.0 Å². The van der Waals surface area contributed by atoms with E-state index < -0.39 is 0 Å². The Kier molecular flexibility index (Phi) is 2.88. The van der Waals surface area contributed by atoms with Crippen molar-refractivity contribution in [3.63, 3.8) is 0 Å². The molecular weight excluding hydrogens is 148 g/mol. The van der Waals surface area contributed by atoms with E-state index in [4.69, 9.17) is 4.74 Å².